The van der Waals surface area contributed by atoms with E-state index in [1.54, 1.807) is 0 Å². The Labute approximate surface area is 119 Å². The molecular weight excluding hydrogens is 254 g/mol. The fraction of sp³-hybridized carbons (Fsp3) is 0.500. The topological polar surface area (TPSA) is 47.9 Å². The van der Waals surface area contributed by atoms with E-state index in [2.05, 4.69) is 4.99 Å². The molecule has 1 aromatic carbocycles. The maximum absolute atomic E-state index is 12.3. The Kier molecular flexibility index (Phi) is 4.12. The highest BCUT2D eigenvalue weighted by atomic mass is 16.5. The molecule has 0 bridgehead atoms. The maximum atomic E-state index is 12.3. The van der Waals surface area contributed by atoms with E-state index >= 15 is 0 Å². The Morgan fingerprint density at radius 1 is 1.45 bits per heavy atom. The van der Waals surface area contributed by atoms with Crippen molar-refractivity contribution < 1.29 is 14.3 Å². The molecule has 2 rings (SSSR count). The fourth-order valence-electron chi connectivity index (χ4n) is 2.65. The second kappa shape index (κ2) is 5.65. The minimum Gasteiger partial charge on any atom is -0.471 e. The number of aliphatic imine (C=N–C) groups is 1. The zero-order valence-corrected chi connectivity index (χ0v) is 12.4. The van der Waals surface area contributed by atoms with Crippen molar-refractivity contribution in [1.29, 1.82) is 0 Å². The van der Waals surface area contributed by atoms with Gasteiger partial charge in [0.2, 0.25) is 5.90 Å². The van der Waals surface area contributed by atoms with Gasteiger partial charge in [-0.1, -0.05) is 38.5 Å². The van der Waals surface area contributed by atoms with Crippen LogP contribution in [0, 0.1) is 5.92 Å². The summed E-state index contributed by atoms with van der Waals surface area (Å²) in [5.74, 6) is 0.236. The molecule has 1 aromatic rings. The normalized spacial score (nSPS) is 26.6. The lowest BCUT2D eigenvalue weighted by Crippen LogP contribution is -2.50. The summed E-state index contributed by atoms with van der Waals surface area (Å²) in [5, 5.41) is 0. The Bertz CT molecular complexity index is 512. The number of carbonyl (C=O) groups excluding carboxylic acids is 1. The number of hydrogen-bond donors (Lipinski definition) is 0. The van der Waals surface area contributed by atoms with Gasteiger partial charge in [-0.15, -0.1) is 0 Å². The number of hydrogen-bond acceptors (Lipinski definition) is 4. The van der Waals surface area contributed by atoms with Crippen LogP contribution >= 0.6 is 0 Å². The van der Waals surface area contributed by atoms with Gasteiger partial charge in [-0.2, -0.15) is 0 Å². The van der Waals surface area contributed by atoms with Gasteiger partial charge in [-0.05, 0) is 25.0 Å². The average Bonchev–Trinajstić information content (AvgIpc) is 2.85. The van der Waals surface area contributed by atoms with Gasteiger partial charge in [0.1, 0.15) is 6.10 Å². The molecule has 0 saturated heterocycles. The van der Waals surface area contributed by atoms with Crippen molar-refractivity contribution in [3.63, 3.8) is 0 Å². The van der Waals surface area contributed by atoms with Crippen molar-refractivity contribution in [3.8, 4) is 0 Å². The highest BCUT2D eigenvalue weighted by Gasteiger charge is 2.54. The van der Waals surface area contributed by atoms with Crippen LogP contribution in [0.1, 0.15) is 32.8 Å². The molecule has 0 spiro atoms. The average molecular weight is 275 g/mol. The quantitative estimate of drug-likeness (QED) is 0.794. The number of nitrogens with zero attached hydrogens (tertiary/aromatic N) is 1. The van der Waals surface area contributed by atoms with Crippen LogP contribution in [0.3, 0.4) is 0 Å². The first-order valence-corrected chi connectivity index (χ1v) is 6.96. The number of ether oxygens (including phenoxy) is 2. The SMILES string of the molecule is CCC(C)C1(C(=O)OC)N=C(c2ccccc2)OC1C. The molecule has 4 nitrogen and oxygen atoms in total. The first kappa shape index (κ1) is 14.6. The molecule has 0 radical (unpaired) electrons. The largest absolute Gasteiger partial charge is 0.471 e. The minimum atomic E-state index is -0.950. The van der Waals surface area contributed by atoms with Crippen LogP contribution in [0.15, 0.2) is 35.3 Å². The van der Waals surface area contributed by atoms with Gasteiger partial charge >= 0.3 is 5.97 Å². The van der Waals surface area contributed by atoms with Gasteiger partial charge in [0.05, 0.1) is 7.11 Å². The standard InChI is InChI=1S/C16H21NO3/c1-5-11(2)16(15(18)19-4)12(3)20-14(17-16)13-9-7-6-8-10-13/h6-12H,5H2,1-4H3. The Morgan fingerprint density at radius 3 is 2.65 bits per heavy atom. The van der Waals surface area contributed by atoms with Crippen LogP contribution in [-0.2, 0) is 14.3 Å². The molecular formula is C16H21NO3. The lowest BCUT2D eigenvalue weighted by atomic mass is 9.80. The minimum absolute atomic E-state index is 0.0474. The molecule has 1 heterocycles. The smallest absolute Gasteiger partial charge is 0.338 e. The highest BCUT2D eigenvalue weighted by molar-refractivity contribution is 5.99. The van der Waals surface area contributed by atoms with E-state index in [1.165, 1.54) is 7.11 Å². The van der Waals surface area contributed by atoms with Gasteiger partial charge in [0.15, 0.2) is 5.54 Å². The lowest BCUT2D eigenvalue weighted by molar-refractivity contribution is -0.152. The van der Waals surface area contributed by atoms with Crippen LogP contribution in [0.2, 0.25) is 0 Å². The Morgan fingerprint density at radius 2 is 2.10 bits per heavy atom. The second-order valence-corrected chi connectivity index (χ2v) is 5.17. The summed E-state index contributed by atoms with van der Waals surface area (Å²) in [6.07, 6.45) is 0.495. The molecule has 1 aliphatic rings. The van der Waals surface area contributed by atoms with Gasteiger partial charge in [0.25, 0.3) is 0 Å². The molecule has 0 fully saturated rings. The van der Waals surface area contributed by atoms with Gasteiger partial charge < -0.3 is 9.47 Å². The van der Waals surface area contributed by atoms with Crippen molar-refractivity contribution in [2.24, 2.45) is 10.9 Å². The van der Waals surface area contributed by atoms with Crippen LogP contribution in [0.4, 0.5) is 0 Å². The van der Waals surface area contributed by atoms with Crippen LogP contribution in [0.25, 0.3) is 0 Å². The predicted octanol–water partition coefficient (Wildman–Crippen LogP) is 2.81. The maximum Gasteiger partial charge on any atom is 0.338 e. The summed E-state index contributed by atoms with van der Waals surface area (Å²) in [7, 11) is 1.40. The molecule has 0 aromatic heterocycles. The zero-order valence-electron chi connectivity index (χ0n) is 12.4. The van der Waals surface area contributed by atoms with E-state index in [0.29, 0.717) is 5.90 Å². The third-order valence-corrected chi connectivity index (χ3v) is 4.09. The van der Waals surface area contributed by atoms with Crippen LogP contribution in [0.5, 0.6) is 0 Å². The molecule has 3 atom stereocenters. The van der Waals surface area contributed by atoms with Crippen molar-refractivity contribution in [3.05, 3.63) is 35.9 Å². The molecule has 3 unspecified atom stereocenters. The van der Waals surface area contributed by atoms with Crippen LogP contribution < -0.4 is 0 Å². The summed E-state index contributed by atoms with van der Waals surface area (Å²) < 4.78 is 10.8. The second-order valence-electron chi connectivity index (χ2n) is 5.17. The summed E-state index contributed by atoms with van der Waals surface area (Å²) in [5.41, 5.74) is -0.0669. The first-order valence-electron chi connectivity index (χ1n) is 6.96. The number of benzene rings is 1. The monoisotopic (exact) mass is 275 g/mol. The van der Waals surface area contributed by atoms with Crippen molar-refractivity contribution >= 4 is 11.9 Å². The van der Waals surface area contributed by atoms with Gasteiger partial charge in [-0.3, -0.25) is 0 Å². The molecule has 0 N–H and O–H groups in total. The first-order chi connectivity index (χ1) is 9.56. The fourth-order valence-corrected chi connectivity index (χ4v) is 2.65. The summed E-state index contributed by atoms with van der Waals surface area (Å²) in [4.78, 5) is 16.9. The predicted molar refractivity (Wildman–Crippen MR) is 77.7 cm³/mol. The molecule has 1 aliphatic heterocycles. The number of rotatable bonds is 4. The molecule has 4 heteroatoms. The van der Waals surface area contributed by atoms with E-state index in [9.17, 15) is 4.79 Å². The third-order valence-electron chi connectivity index (χ3n) is 4.09. The molecule has 0 saturated carbocycles. The van der Waals surface area contributed by atoms with Crippen molar-refractivity contribution in [2.75, 3.05) is 7.11 Å². The molecule has 20 heavy (non-hydrogen) atoms. The Balaban J connectivity index is 2.47. The third kappa shape index (κ3) is 2.19. The van der Waals surface area contributed by atoms with E-state index < -0.39 is 5.54 Å². The molecule has 0 amide bonds. The summed E-state index contributed by atoms with van der Waals surface area (Å²) in [6.45, 7) is 5.93. The van der Waals surface area contributed by atoms with E-state index in [-0.39, 0.29) is 18.0 Å². The number of esters is 1. The summed E-state index contributed by atoms with van der Waals surface area (Å²) in [6, 6.07) is 9.64. The Hall–Kier alpha value is -1.84. The van der Waals surface area contributed by atoms with E-state index in [4.69, 9.17) is 9.47 Å². The highest BCUT2D eigenvalue weighted by Crippen LogP contribution is 2.37. The number of carbonyl (C=O) groups is 1. The van der Waals surface area contributed by atoms with E-state index in [1.807, 2.05) is 51.1 Å². The van der Waals surface area contributed by atoms with E-state index in [0.717, 1.165) is 12.0 Å². The zero-order chi connectivity index (χ0) is 14.8. The van der Waals surface area contributed by atoms with Gasteiger partial charge in [-0.25, -0.2) is 9.79 Å². The molecule has 108 valence electrons. The lowest BCUT2D eigenvalue weighted by Gasteiger charge is -2.31. The molecule has 0 aliphatic carbocycles. The number of methoxy groups -OCH3 is 1. The van der Waals surface area contributed by atoms with Gasteiger partial charge in [0, 0.05) is 5.56 Å². The summed E-state index contributed by atoms with van der Waals surface area (Å²) >= 11 is 0. The van der Waals surface area contributed by atoms with Crippen molar-refractivity contribution in [1.82, 2.24) is 0 Å². The van der Waals surface area contributed by atoms with Crippen LogP contribution in [-0.4, -0.2) is 30.6 Å². The van der Waals surface area contributed by atoms with Crippen molar-refractivity contribution in [2.45, 2.75) is 38.8 Å².